The van der Waals surface area contributed by atoms with Gasteiger partial charge in [0.1, 0.15) is 0 Å². The Morgan fingerprint density at radius 3 is 2.53 bits per heavy atom. The maximum absolute atomic E-state index is 12.6. The summed E-state index contributed by atoms with van der Waals surface area (Å²) in [4.78, 5) is 18.5. The Bertz CT molecular complexity index is 204. The van der Waals surface area contributed by atoms with E-state index in [1.165, 1.54) is 0 Å². The molecule has 2 N–H and O–H groups in total. The van der Waals surface area contributed by atoms with Gasteiger partial charge < -0.3 is 14.0 Å². The molecule has 90 valence electrons. The average Bonchev–Trinajstić information content (AvgIpc) is 2.12. The van der Waals surface area contributed by atoms with Gasteiger partial charge in [-0.3, -0.25) is 0 Å². The third-order valence-corrected chi connectivity index (χ3v) is 4.14. The predicted molar refractivity (Wildman–Crippen MR) is 49.2 cm³/mol. The van der Waals surface area contributed by atoms with Crippen LogP contribution in [0.4, 0.5) is 13.2 Å². The topological polar surface area (TPSA) is 49.7 Å². The Morgan fingerprint density at radius 2 is 2.00 bits per heavy atom. The molecular formula is C8H15F3O3Si. The molecule has 1 heterocycles. The molecule has 3 nitrogen and oxygen atoms in total. The first-order chi connectivity index (χ1) is 6.91. The molecule has 0 saturated carbocycles. The smallest absolute Gasteiger partial charge is 0.390 e. The summed E-state index contributed by atoms with van der Waals surface area (Å²) in [7, 11) is -3.56. The third kappa shape index (κ3) is 4.50. The second kappa shape index (κ2) is 5.29. The van der Waals surface area contributed by atoms with Crippen molar-refractivity contribution in [3.05, 3.63) is 0 Å². The molecule has 0 bridgehead atoms. The molecule has 1 rings (SSSR count). The van der Waals surface area contributed by atoms with Crippen molar-refractivity contribution in [3.63, 3.8) is 0 Å². The third-order valence-electron chi connectivity index (χ3n) is 2.42. The highest BCUT2D eigenvalue weighted by Gasteiger charge is 2.39. The van der Waals surface area contributed by atoms with E-state index in [2.05, 4.69) is 0 Å². The Morgan fingerprint density at radius 1 is 1.33 bits per heavy atom. The van der Waals surface area contributed by atoms with Crippen molar-refractivity contribution in [1.29, 1.82) is 0 Å². The first-order valence-corrected chi connectivity index (χ1v) is 6.96. The van der Waals surface area contributed by atoms with Crippen LogP contribution in [0, 0.1) is 0 Å². The summed E-state index contributed by atoms with van der Waals surface area (Å²) in [5.74, 6) is 0. The van der Waals surface area contributed by atoms with Crippen LogP contribution in [-0.4, -0.2) is 37.1 Å². The summed E-state index contributed by atoms with van der Waals surface area (Å²) in [5.41, 5.74) is 0. The normalized spacial score (nSPS) is 28.0. The lowest BCUT2D eigenvalue weighted by molar-refractivity contribution is 0.0213. The van der Waals surface area contributed by atoms with Gasteiger partial charge in [-0.15, -0.1) is 0 Å². The SMILES string of the molecule is O[Si]1(O)CCCC(CCC(F)C(F)F)O1. The van der Waals surface area contributed by atoms with Crippen LogP contribution in [0.15, 0.2) is 0 Å². The van der Waals surface area contributed by atoms with E-state index >= 15 is 0 Å². The molecule has 0 aromatic carbocycles. The van der Waals surface area contributed by atoms with Gasteiger partial charge in [0.05, 0.1) is 0 Å². The highest BCUT2D eigenvalue weighted by Crippen LogP contribution is 2.26. The van der Waals surface area contributed by atoms with Crippen molar-refractivity contribution in [2.75, 3.05) is 0 Å². The van der Waals surface area contributed by atoms with Crippen molar-refractivity contribution in [2.24, 2.45) is 0 Å². The number of alkyl halides is 3. The van der Waals surface area contributed by atoms with E-state index in [0.717, 1.165) is 0 Å². The van der Waals surface area contributed by atoms with Crippen LogP contribution in [0.3, 0.4) is 0 Å². The fourth-order valence-electron chi connectivity index (χ4n) is 1.62. The molecule has 1 aliphatic rings. The maximum atomic E-state index is 12.6. The van der Waals surface area contributed by atoms with Crippen molar-refractivity contribution < 1.29 is 27.2 Å². The first-order valence-electron chi connectivity index (χ1n) is 4.95. The van der Waals surface area contributed by atoms with E-state index in [0.29, 0.717) is 12.8 Å². The molecule has 7 heteroatoms. The van der Waals surface area contributed by atoms with Gasteiger partial charge in [-0.2, -0.15) is 0 Å². The monoisotopic (exact) mass is 244 g/mol. The fraction of sp³-hybridized carbons (Fsp3) is 1.00. The molecule has 1 fully saturated rings. The van der Waals surface area contributed by atoms with Crippen LogP contribution in [0.2, 0.25) is 6.04 Å². The predicted octanol–water partition coefficient (Wildman–Crippen LogP) is 1.47. The molecule has 0 amide bonds. The van der Waals surface area contributed by atoms with Gasteiger partial charge in [0, 0.05) is 12.1 Å². The number of rotatable bonds is 4. The standard InChI is InChI=1S/C8H15F3O3Si/c9-7(8(10)11)4-3-6-2-1-5-15(12,13)14-6/h6-8,12-13H,1-5H2. The summed E-state index contributed by atoms with van der Waals surface area (Å²) >= 11 is 0. The van der Waals surface area contributed by atoms with E-state index in [-0.39, 0.29) is 18.9 Å². The maximum Gasteiger partial charge on any atom is 0.495 e. The zero-order chi connectivity index (χ0) is 11.5. The van der Waals surface area contributed by atoms with Crippen LogP contribution in [0.1, 0.15) is 25.7 Å². The van der Waals surface area contributed by atoms with Crippen molar-refractivity contribution in [3.8, 4) is 0 Å². The highest BCUT2D eigenvalue weighted by molar-refractivity contribution is 6.57. The summed E-state index contributed by atoms with van der Waals surface area (Å²) in [6, 6.07) is 0.234. The van der Waals surface area contributed by atoms with Crippen LogP contribution in [-0.2, 0) is 4.43 Å². The summed E-state index contributed by atoms with van der Waals surface area (Å²) in [6.45, 7) is 0. The molecule has 2 unspecified atom stereocenters. The van der Waals surface area contributed by atoms with Crippen molar-refractivity contribution >= 4 is 8.80 Å². The minimum atomic E-state index is -3.56. The fourth-order valence-corrected chi connectivity index (χ4v) is 3.17. The molecule has 15 heavy (non-hydrogen) atoms. The van der Waals surface area contributed by atoms with Crippen LogP contribution in [0.5, 0.6) is 0 Å². The van der Waals surface area contributed by atoms with Gasteiger partial charge in [0.15, 0.2) is 6.17 Å². The lowest BCUT2D eigenvalue weighted by Crippen LogP contribution is -2.45. The van der Waals surface area contributed by atoms with E-state index < -0.39 is 27.5 Å². The number of hydrogen-bond donors (Lipinski definition) is 2. The molecule has 0 spiro atoms. The van der Waals surface area contributed by atoms with Gasteiger partial charge in [-0.25, -0.2) is 13.2 Å². The molecule has 0 radical (unpaired) electrons. The Hall–Kier alpha value is -0.113. The Labute approximate surface area is 87.2 Å². The minimum Gasteiger partial charge on any atom is -0.390 e. The minimum absolute atomic E-state index is 0.112. The molecule has 1 aliphatic heterocycles. The van der Waals surface area contributed by atoms with Gasteiger partial charge in [0.25, 0.3) is 6.43 Å². The zero-order valence-corrected chi connectivity index (χ0v) is 9.20. The van der Waals surface area contributed by atoms with Gasteiger partial charge in [0.2, 0.25) is 0 Å². The molecular weight excluding hydrogens is 229 g/mol. The van der Waals surface area contributed by atoms with Crippen molar-refractivity contribution in [1.82, 2.24) is 0 Å². The van der Waals surface area contributed by atoms with Crippen molar-refractivity contribution in [2.45, 2.75) is 50.4 Å². The second-order valence-corrected chi connectivity index (χ2v) is 6.03. The summed E-state index contributed by atoms with van der Waals surface area (Å²) < 4.78 is 41.2. The second-order valence-electron chi connectivity index (χ2n) is 3.80. The first kappa shape index (κ1) is 13.0. The number of hydrogen-bond acceptors (Lipinski definition) is 3. The quantitative estimate of drug-likeness (QED) is 0.736. The van der Waals surface area contributed by atoms with Gasteiger partial charge >= 0.3 is 8.80 Å². The molecule has 2 atom stereocenters. The molecule has 0 aliphatic carbocycles. The van der Waals surface area contributed by atoms with E-state index in [4.69, 9.17) is 4.43 Å². The Kier molecular flexibility index (Phi) is 4.57. The van der Waals surface area contributed by atoms with E-state index in [9.17, 15) is 22.8 Å². The van der Waals surface area contributed by atoms with Crippen LogP contribution < -0.4 is 0 Å². The lowest BCUT2D eigenvalue weighted by atomic mass is 10.1. The van der Waals surface area contributed by atoms with E-state index in [1.807, 2.05) is 0 Å². The zero-order valence-electron chi connectivity index (χ0n) is 8.20. The summed E-state index contributed by atoms with van der Waals surface area (Å²) in [6.07, 6.45) is -4.63. The molecule has 0 aromatic rings. The lowest BCUT2D eigenvalue weighted by Gasteiger charge is -2.30. The van der Waals surface area contributed by atoms with Gasteiger partial charge in [-0.1, -0.05) is 0 Å². The van der Waals surface area contributed by atoms with Crippen LogP contribution >= 0.6 is 0 Å². The highest BCUT2D eigenvalue weighted by atomic mass is 28.4. The van der Waals surface area contributed by atoms with Crippen LogP contribution in [0.25, 0.3) is 0 Å². The van der Waals surface area contributed by atoms with Gasteiger partial charge in [-0.05, 0) is 25.7 Å². The molecule has 1 saturated heterocycles. The summed E-state index contributed by atoms with van der Waals surface area (Å²) in [5, 5.41) is 0. The average molecular weight is 244 g/mol. The molecule has 0 aromatic heterocycles. The Balaban J connectivity index is 2.27. The number of halogens is 3. The van der Waals surface area contributed by atoms with E-state index in [1.54, 1.807) is 0 Å². The largest absolute Gasteiger partial charge is 0.495 e.